The Kier molecular flexibility index (Phi) is 5.23. The molecule has 0 amide bonds. The topological polar surface area (TPSA) is 24.5 Å². The van der Waals surface area contributed by atoms with E-state index in [2.05, 4.69) is 49.2 Å². The van der Waals surface area contributed by atoms with E-state index in [1.165, 1.54) is 11.1 Å². The number of benzene rings is 1. The van der Waals surface area contributed by atoms with Gasteiger partial charge in [-0.25, -0.2) is 0 Å². The summed E-state index contributed by atoms with van der Waals surface area (Å²) in [5, 5.41) is 3.38. The van der Waals surface area contributed by atoms with E-state index in [9.17, 15) is 0 Å². The molecule has 19 heavy (non-hydrogen) atoms. The molecule has 1 aromatic carbocycles. The van der Waals surface area contributed by atoms with E-state index in [1.54, 1.807) is 0 Å². The van der Waals surface area contributed by atoms with E-state index >= 15 is 0 Å². The van der Waals surface area contributed by atoms with Gasteiger partial charge in [0.25, 0.3) is 0 Å². The highest BCUT2D eigenvalue weighted by Gasteiger charge is 2.11. The van der Waals surface area contributed by atoms with Gasteiger partial charge >= 0.3 is 0 Å². The summed E-state index contributed by atoms with van der Waals surface area (Å²) in [7, 11) is 0. The minimum absolute atomic E-state index is 0.275. The monoisotopic (exact) mass is 262 g/mol. The van der Waals surface area contributed by atoms with Gasteiger partial charge in [-0.05, 0) is 50.5 Å². The molecule has 0 spiro atoms. The zero-order chi connectivity index (χ0) is 13.7. The molecule has 1 heterocycles. The molecule has 3 heteroatoms. The highest BCUT2D eigenvalue weighted by atomic mass is 16.5. The molecule has 0 aliphatic carbocycles. The van der Waals surface area contributed by atoms with Gasteiger partial charge in [-0.3, -0.25) is 0 Å². The van der Waals surface area contributed by atoms with Crippen LogP contribution in [-0.2, 0) is 0 Å². The minimum Gasteiger partial charge on any atom is -0.491 e. The van der Waals surface area contributed by atoms with Gasteiger partial charge in [0.15, 0.2) is 0 Å². The maximum Gasteiger partial charge on any atom is 0.119 e. The summed E-state index contributed by atoms with van der Waals surface area (Å²) in [6.45, 7) is 12.1. The summed E-state index contributed by atoms with van der Waals surface area (Å²) in [6, 6.07) is 6.34. The lowest BCUT2D eigenvalue weighted by molar-refractivity contribution is 0.167. The van der Waals surface area contributed by atoms with Gasteiger partial charge in [0.05, 0.1) is 6.10 Å². The van der Waals surface area contributed by atoms with E-state index in [1.807, 2.05) is 0 Å². The normalized spacial score (nSPS) is 18.3. The van der Waals surface area contributed by atoms with Crippen molar-refractivity contribution in [1.29, 1.82) is 0 Å². The Labute approximate surface area is 116 Å². The fourth-order valence-electron chi connectivity index (χ4n) is 2.38. The van der Waals surface area contributed by atoms with Crippen molar-refractivity contribution in [3.63, 3.8) is 0 Å². The van der Waals surface area contributed by atoms with Gasteiger partial charge < -0.3 is 15.0 Å². The Morgan fingerprint density at radius 2 is 1.95 bits per heavy atom. The molecule has 1 fully saturated rings. The lowest BCUT2D eigenvalue weighted by Gasteiger charge is -2.28. The Balaban J connectivity index is 1.76. The molecule has 1 unspecified atom stereocenters. The maximum atomic E-state index is 6.00. The van der Waals surface area contributed by atoms with Crippen LogP contribution >= 0.6 is 0 Å². The Hall–Kier alpha value is -1.06. The quantitative estimate of drug-likeness (QED) is 0.881. The Bertz CT molecular complexity index is 400. The standard InChI is InChI=1S/C16H26N2O/c1-13-4-5-16(12-14(13)2)19-15(3)6-9-18-10-7-17-8-11-18/h4-5,12,15,17H,6-11H2,1-3H3. The van der Waals surface area contributed by atoms with Crippen LogP contribution in [0.4, 0.5) is 0 Å². The summed E-state index contributed by atoms with van der Waals surface area (Å²) in [5.74, 6) is 0.996. The van der Waals surface area contributed by atoms with Crippen LogP contribution in [0.25, 0.3) is 0 Å². The second-order valence-corrected chi connectivity index (χ2v) is 5.55. The van der Waals surface area contributed by atoms with E-state index in [-0.39, 0.29) is 6.10 Å². The second kappa shape index (κ2) is 6.92. The van der Waals surface area contributed by atoms with Crippen molar-refractivity contribution in [2.24, 2.45) is 0 Å². The average Bonchev–Trinajstić information content (AvgIpc) is 2.42. The second-order valence-electron chi connectivity index (χ2n) is 5.55. The Morgan fingerprint density at radius 3 is 2.63 bits per heavy atom. The molecule has 1 aliphatic rings. The fourth-order valence-corrected chi connectivity index (χ4v) is 2.38. The van der Waals surface area contributed by atoms with Gasteiger partial charge in [-0.1, -0.05) is 6.07 Å². The fraction of sp³-hybridized carbons (Fsp3) is 0.625. The smallest absolute Gasteiger partial charge is 0.119 e. The van der Waals surface area contributed by atoms with Gasteiger partial charge in [0.2, 0.25) is 0 Å². The predicted octanol–water partition coefficient (Wildman–Crippen LogP) is 2.37. The van der Waals surface area contributed by atoms with Crippen LogP contribution in [0.15, 0.2) is 18.2 Å². The average molecular weight is 262 g/mol. The van der Waals surface area contributed by atoms with Crippen molar-refractivity contribution in [3.8, 4) is 5.75 Å². The molecule has 3 nitrogen and oxygen atoms in total. The van der Waals surface area contributed by atoms with E-state index < -0.39 is 0 Å². The lowest BCUT2D eigenvalue weighted by atomic mass is 10.1. The predicted molar refractivity (Wildman–Crippen MR) is 79.9 cm³/mol. The largest absolute Gasteiger partial charge is 0.491 e. The third-order valence-corrected chi connectivity index (χ3v) is 3.88. The summed E-state index contributed by atoms with van der Waals surface area (Å²) in [5.41, 5.74) is 2.62. The zero-order valence-corrected chi connectivity index (χ0v) is 12.4. The van der Waals surface area contributed by atoms with E-state index in [4.69, 9.17) is 4.74 Å². The van der Waals surface area contributed by atoms with Gasteiger partial charge in [0, 0.05) is 32.7 Å². The molecule has 1 N–H and O–H groups in total. The first-order valence-electron chi connectivity index (χ1n) is 7.32. The van der Waals surface area contributed by atoms with Gasteiger partial charge in [-0.2, -0.15) is 0 Å². The number of piperazine rings is 1. The number of rotatable bonds is 5. The van der Waals surface area contributed by atoms with E-state index in [0.717, 1.165) is 44.9 Å². The van der Waals surface area contributed by atoms with Crippen LogP contribution in [0.3, 0.4) is 0 Å². The summed E-state index contributed by atoms with van der Waals surface area (Å²) >= 11 is 0. The molecular formula is C16H26N2O. The Morgan fingerprint density at radius 1 is 1.21 bits per heavy atom. The highest BCUT2D eigenvalue weighted by Crippen LogP contribution is 2.18. The molecule has 0 saturated carbocycles. The van der Waals surface area contributed by atoms with Gasteiger partial charge in [-0.15, -0.1) is 0 Å². The van der Waals surface area contributed by atoms with Gasteiger partial charge in [0.1, 0.15) is 5.75 Å². The minimum atomic E-state index is 0.275. The summed E-state index contributed by atoms with van der Waals surface area (Å²) < 4.78 is 6.00. The van der Waals surface area contributed by atoms with Crippen molar-refractivity contribution in [2.75, 3.05) is 32.7 Å². The third-order valence-electron chi connectivity index (χ3n) is 3.88. The molecule has 1 atom stereocenters. The van der Waals surface area contributed by atoms with Crippen LogP contribution < -0.4 is 10.1 Å². The molecule has 0 aromatic heterocycles. The van der Waals surface area contributed by atoms with Crippen LogP contribution in [0, 0.1) is 13.8 Å². The van der Waals surface area contributed by atoms with Crippen LogP contribution in [-0.4, -0.2) is 43.7 Å². The lowest BCUT2D eigenvalue weighted by Crippen LogP contribution is -2.44. The van der Waals surface area contributed by atoms with Crippen LogP contribution in [0.2, 0.25) is 0 Å². The van der Waals surface area contributed by atoms with Crippen molar-refractivity contribution in [2.45, 2.75) is 33.3 Å². The summed E-state index contributed by atoms with van der Waals surface area (Å²) in [6.07, 6.45) is 1.37. The molecule has 0 radical (unpaired) electrons. The van der Waals surface area contributed by atoms with Crippen LogP contribution in [0.1, 0.15) is 24.5 Å². The number of aryl methyl sites for hydroxylation is 2. The molecule has 1 aliphatic heterocycles. The van der Waals surface area contributed by atoms with E-state index in [0.29, 0.717) is 0 Å². The molecular weight excluding hydrogens is 236 g/mol. The highest BCUT2D eigenvalue weighted by molar-refractivity contribution is 5.33. The molecule has 1 saturated heterocycles. The molecule has 1 aromatic rings. The van der Waals surface area contributed by atoms with Crippen molar-refractivity contribution in [3.05, 3.63) is 29.3 Å². The first kappa shape index (κ1) is 14.4. The first-order valence-corrected chi connectivity index (χ1v) is 7.32. The number of nitrogens with one attached hydrogen (secondary N) is 1. The molecule has 2 rings (SSSR count). The first-order chi connectivity index (χ1) is 9.15. The third kappa shape index (κ3) is 4.51. The number of hydrogen-bond donors (Lipinski definition) is 1. The molecule has 106 valence electrons. The maximum absolute atomic E-state index is 6.00. The number of nitrogens with zero attached hydrogens (tertiary/aromatic N) is 1. The number of ether oxygens (including phenoxy) is 1. The van der Waals surface area contributed by atoms with Crippen molar-refractivity contribution in [1.82, 2.24) is 10.2 Å². The van der Waals surface area contributed by atoms with Crippen molar-refractivity contribution >= 4 is 0 Å². The number of hydrogen-bond acceptors (Lipinski definition) is 3. The molecule has 0 bridgehead atoms. The van der Waals surface area contributed by atoms with Crippen LogP contribution in [0.5, 0.6) is 5.75 Å². The zero-order valence-electron chi connectivity index (χ0n) is 12.4. The summed E-state index contributed by atoms with van der Waals surface area (Å²) in [4.78, 5) is 2.51. The van der Waals surface area contributed by atoms with Crippen molar-refractivity contribution < 1.29 is 4.74 Å². The SMILES string of the molecule is Cc1ccc(OC(C)CCN2CCNCC2)cc1C.